The molecule has 1 fully saturated rings. The van der Waals surface area contributed by atoms with Crippen LogP contribution in [0.25, 0.3) is 0 Å². The number of rotatable bonds is 5. The van der Waals surface area contributed by atoms with Crippen molar-refractivity contribution in [3.8, 4) is 0 Å². The highest BCUT2D eigenvalue weighted by atomic mass is 16.3. The summed E-state index contributed by atoms with van der Waals surface area (Å²) < 4.78 is 5.58. The van der Waals surface area contributed by atoms with Gasteiger partial charge in [0.15, 0.2) is 0 Å². The van der Waals surface area contributed by atoms with Gasteiger partial charge in [-0.15, -0.1) is 0 Å². The second kappa shape index (κ2) is 7.37. The normalized spacial score (nSPS) is 16.9. The van der Waals surface area contributed by atoms with Gasteiger partial charge >= 0.3 is 0 Å². The van der Waals surface area contributed by atoms with E-state index in [0.717, 1.165) is 24.5 Å². The highest BCUT2D eigenvalue weighted by Gasteiger charge is 2.25. The summed E-state index contributed by atoms with van der Waals surface area (Å²) in [6.45, 7) is 4.41. The van der Waals surface area contributed by atoms with E-state index < -0.39 is 0 Å². The number of hydrogen-bond acceptors (Lipinski definition) is 5. The molecule has 1 aliphatic rings. The van der Waals surface area contributed by atoms with Crippen LogP contribution in [-0.4, -0.2) is 40.4 Å². The number of nitrogens with zero attached hydrogens (tertiary/aromatic N) is 3. The Hall–Kier alpha value is -2.21. The van der Waals surface area contributed by atoms with Crippen LogP contribution in [0.5, 0.6) is 0 Å². The number of carbonyl (C=O) groups is 1. The van der Waals surface area contributed by atoms with E-state index in [0.29, 0.717) is 12.2 Å². The minimum absolute atomic E-state index is 0.0626. The van der Waals surface area contributed by atoms with Gasteiger partial charge in [-0.25, -0.2) is 4.98 Å². The lowest BCUT2D eigenvalue weighted by molar-refractivity contribution is 0.0909. The molecule has 1 aliphatic heterocycles. The van der Waals surface area contributed by atoms with Crippen molar-refractivity contribution in [2.75, 3.05) is 19.6 Å². The molecule has 6 nitrogen and oxygen atoms in total. The van der Waals surface area contributed by atoms with E-state index in [9.17, 15) is 4.79 Å². The topological polar surface area (TPSA) is 71.3 Å². The minimum Gasteiger partial charge on any atom is -0.468 e. The number of carbonyl (C=O) groups excluding carboxylic acids is 1. The van der Waals surface area contributed by atoms with Gasteiger partial charge in [0, 0.05) is 12.7 Å². The van der Waals surface area contributed by atoms with Crippen molar-refractivity contribution in [2.45, 2.75) is 32.2 Å². The molecule has 23 heavy (non-hydrogen) atoms. The minimum atomic E-state index is -0.203. The summed E-state index contributed by atoms with van der Waals surface area (Å²) in [5.74, 6) is 0.688. The van der Waals surface area contributed by atoms with Gasteiger partial charge in [-0.2, -0.15) is 0 Å². The number of likely N-dealkylation sites (tertiary alicyclic amines) is 1. The fourth-order valence-electron chi connectivity index (χ4n) is 2.91. The zero-order valence-electron chi connectivity index (χ0n) is 13.4. The molecule has 0 unspecified atom stereocenters. The Morgan fingerprint density at radius 1 is 1.30 bits per heavy atom. The molecule has 0 aromatic carbocycles. The summed E-state index contributed by atoms with van der Waals surface area (Å²) in [6, 6.07) is 3.92. The third-order valence-corrected chi connectivity index (χ3v) is 4.17. The third kappa shape index (κ3) is 3.96. The molecular weight excluding hydrogens is 292 g/mol. The van der Waals surface area contributed by atoms with Crippen LogP contribution in [0, 0.1) is 6.92 Å². The van der Waals surface area contributed by atoms with E-state index in [1.165, 1.54) is 25.5 Å². The van der Waals surface area contributed by atoms with Gasteiger partial charge in [-0.1, -0.05) is 6.42 Å². The number of amides is 1. The van der Waals surface area contributed by atoms with Crippen LogP contribution in [0.15, 0.2) is 35.2 Å². The van der Waals surface area contributed by atoms with Crippen LogP contribution in [0.1, 0.15) is 47.2 Å². The van der Waals surface area contributed by atoms with E-state index in [1.54, 1.807) is 12.5 Å². The molecule has 0 spiro atoms. The molecule has 6 heteroatoms. The maximum atomic E-state index is 12.3. The third-order valence-electron chi connectivity index (χ3n) is 4.17. The van der Waals surface area contributed by atoms with E-state index in [1.807, 2.05) is 19.1 Å². The van der Waals surface area contributed by atoms with E-state index in [2.05, 4.69) is 20.2 Å². The van der Waals surface area contributed by atoms with Crippen LogP contribution in [0.3, 0.4) is 0 Å². The molecule has 0 saturated carbocycles. The molecule has 1 saturated heterocycles. The van der Waals surface area contributed by atoms with Crippen LogP contribution < -0.4 is 5.32 Å². The summed E-state index contributed by atoms with van der Waals surface area (Å²) in [6.07, 6.45) is 8.44. The van der Waals surface area contributed by atoms with Crippen LogP contribution in [-0.2, 0) is 0 Å². The van der Waals surface area contributed by atoms with Crippen molar-refractivity contribution < 1.29 is 9.21 Å². The quantitative estimate of drug-likeness (QED) is 0.917. The summed E-state index contributed by atoms with van der Waals surface area (Å²) in [5.41, 5.74) is 1.13. The number of hydrogen-bond donors (Lipinski definition) is 1. The molecule has 2 aromatic rings. The van der Waals surface area contributed by atoms with Crippen LogP contribution in [0.4, 0.5) is 0 Å². The van der Waals surface area contributed by atoms with Gasteiger partial charge in [0.1, 0.15) is 11.5 Å². The van der Waals surface area contributed by atoms with Gasteiger partial charge in [-0.05, 0) is 45.0 Å². The van der Waals surface area contributed by atoms with E-state index in [4.69, 9.17) is 4.42 Å². The summed E-state index contributed by atoms with van der Waals surface area (Å²) in [7, 11) is 0. The molecule has 1 amide bonds. The van der Waals surface area contributed by atoms with E-state index >= 15 is 0 Å². The first-order chi connectivity index (χ1) is 11.2. The molecule has 3 heterocycles. The van der Waals surface area contributed by atoms with E-state index in [-0.39, 0.29) is 11.9 Å². The fourth-order valence-corrected chi connectivity index (χ4v) is 2.91. The first-order valence-electron chi connectivity index (χ1n) is 8.08. The lowest BCUT2D eigenvalue weighted by Crippen LogP contribution is -2.40. The molecule has 1 atom stereocenters. The second-order valence-corrected chi connectivity index (χ2v) is 5.88. The number of furan rings is 1. The standard InChI is InChI=1S/C17H22N4O2/c1-13-10-19-14(11-18-13)17(22)20-12-15(16-6-5-9-23-16)21-7-3-2-4-8-21/h5-6,9-11,15H,2-4,7-8,12H2,1H3,(H,20,22)/t15-/m0/s1. The number of piperidine rings is 1. The summed E-state index contributed by atoms with van der Waals surface area (Å²) in [4.78, 5) is 22.9. The average molecular weight is 314 g/mol. The number of aromatic nitrogens is 2. The Kier molecular flexibility index (Phi) is 5.02. The van der Waals surface area contributed by atoms with Crippen LogP contribution >= 0.6 is 0 Å². The first kappa shape index (κ1) is 15.7. The predicted molar refractivity (Wildman–Crippen MR) is 86.0 cm³/mol. The Balaban J connectivity index is 1.66. The van der Waals surface area contributed by atoms with Crippen molar-refractivity contribution in [3.05, 3.63) is 47.9 Å². The molecule has 0 aliphatic carbocycles. The Morgan fingerprint density at radius 2 is 2.13 bits per heavy atom. The van der Waals surface area contributed by atoms with Crippen molar-refractivity contribution in [1.82, 2.24) is 20.2 Å². The molecule has 122 valence electrons. The van der Waals surface area contributed by atoms with Gasteiger partial charge in [-0.3, -0.25) is 14.7 Å². The zero-order chi connectivity index (χ0) is 16.1. The average Bonchev–Trinajstić information content (AvgIpc) is 3.11. The monoisotopic (exact) mass is 314 g/mol. The highest BCUT2D eigenvalue weighted by molar-refractivity contribution is 5.91. The van der Waals surface area contributed by atoms with Gasteiger partial charge in [0.05, 0.1) is 24.2 Å². The molecule has 0 radical (unpaired) electrons. The van der Waals surface area contributed by atoms with Gasteiger partial charge in [0.25, 0.3) is 5.91 Å². The molecular formula is C17H22N4O2. The van der Waals surface area contributed by atoms with Crippen molar-refractivity contribution in [3.63, 3.8) is 0 Å². The molecule has 3 rings (SSSR count). The first-order valence-corrected chi connectivity index (χ1v) is 8.08. The maximum absolute atomic E-state index is 12.3. The Labute approximate surface area is 135 Å². The number of nitrogens with one attached hydrogen (secondary N) is 1. The molecule has 1 N–H and O–H groups in total. The zero-order valence-corrected chi connectivity index (χ0v) is 13.4. The largest absolute Gasteiger partial charge is 0.468 e. The predicted octanol–water partition coefficient (Wildman–Crippen LogP) is 2.34. The fraction of sp³-hybridized carbons (Fsp3) is 0.471. The summed E-state index contributed by atoms with van der Waals surface area (Å²) in [5, 5.41) is 2.96. The lowest BCUT2D eigenvalue weighted by Gasteiger charge is -2.33. The second-order valence-electron chi connectivity index (χ2n) is 5.88. The Morgan fingerprint density at radius 3 is 2.78 bits per heavy atom. The van der Waals surface area contributed by atoms with Gasteiger partial charge in [0.2, 0.25) is 0 Å². The van der Waals surface area contributed by atoms with Crippen molar-refractivity contribution in [1.29, 1.82) is 0 Å². The molecule has 2 aromatic heterocycles. The van der Waals surface area contributed by atoms with Gasteiger partial charge < -0.3 is 9.73 Å². The SMILES string of the molecule is Cc1cnc(C(=O)NC[C@@H](c2ccco2)N2CCCCC2)cn1. The van der Waals surface area contributed by atoms with Crippen LogP contribution in [0.2, 0.25) is 0 Å². The van der Waals surface area contributed by atoms with Crippen molar-refractivity contribution >= 4 is 5.91 Å². The Bertz CT molecular complexity index is 619. The van der Waals surface area contributed by atoms with Crippen molar-refractivity contribution in [2.24, 2.45) is 0 Å². The highest BCUT2D eigenvalue weighted by Crippen LogP contribution is 2.24. The lowest BCUT2D eigenvalue weighted by atomic mass is 10.1. The maximum Gasteiger partial charge on any atom is 0.271 e. The number of aryl methyl sites for hydroxylation is 1. The summed E-state index contributed by atoms with van der Waals surface area (Å²) >= 11 is 0. The molecule has 0 bridgehead atoms. The smallest absolute Gasteiger partial charge is 0.271 e.